The first-order valence-corrected chi connectivity index (χ1v) is 7.30. The second-order valence-corrected chi connectivity index (χ2v) is 5.23. The van der Waals surface area contributed by atoms with E-state index in [0.717, 1.165) is 17.5 Å². The van der Waals surface area contributed by atoms with E-state index in [1.807, 2.05) is 36.4 Å². The molecule has 0 aliphatic heterocycles. The Morgan fingerprint density at radius 3 is 2.59 bits per heavy atom. The van der Waals surface area contributed by atoms with Crippen LogP contribution in [-0.2, 0) is 12.8 Å². The maximum atomic E-state index is 11.8. The molecule has 2 aromatic carbocycles. The molecular weight excluding hydrogens is 298 g/mol. The molecule has 0 saturated carbocycles. The van der Waals surface area contributed by atoms with Gasteiger partial charge in [0.2, 0.25) is 0 Å². The van der Waals surface area contributed by atoms with Gasteiger partial charge in [-0.05, 0) is 41.8 Å². The van der Waals surface area contributed by atoms with Gasteiger partial charge in [-0.3, -0.25) is 0 Å². The average molecular weight is 314 g/mol. The highest BCUT2D eigenvalue weighted by molar-refractivity contribution is 6.30. The first-order chi connectivity index (χ1) is 10.7. The summed E-state index contributed by atoms with van der Waals surface area (Å²) >= 11 is 5.91. The molecule has 0 unspecified atom stereocenters. The standard InChI is InChI=1S/C17H16ClN3O/c18-15-3-1-2-14(12-15)9-11-20-17(22)21-16-6-4-13(5-7-16)8-10-19/h1-7,12H,8-9,11H2,(H2,20,21,22). The number of rotatable bonds is 5. The molecule has 5 heteroatoms. The summed E-state index contributed by atoms with van der Waals surface area (Å²) in [6, 6.07) is 16.6. The number of urea groups is 1. The molecule has 2 aromatic rings. The van der Waals surface area contributed by atoms with Gasteiger partial charge >= 0.3 is 6.03 Å². The normalized spacial score (nSPS) is 9.82. The van der Waals surface area contributed by atoms with Gasteiger partial charge in [-0.25, -0.2) is 4.79 Å². The summed E-state index contributed by atoms with van der Waals surface area (Å²) in [6.07, 6.45) is 1.08. The molecule has 0 saturated heterocycles. The van der Waals surface area contributed by atoms with Crippen molar-refractivity contribution >= 4 is 23.3 Å². The highest BCUT2D eigenvalue weighted by atomic mass is 35.5. The summed E-state index contributed by atoms with van der Waals surface area (Å²) in [5.41, 5.74) is 2.70. The van der Waals surface area contributed by atoms with Gasteiger partial charge < -0.3 is 10.6 Å². The maximum absolute atomic E-state index is 11.8. The number of nitrogens with one attached hydrogen (secondary N) is 2. The Hall–Kier alpha value is -2.51. The Morgan fingerprint density at radius 1 is 1.14 bits per heavy atom. The molecule has 0 fully saturated rings. The second kappa shape index (κ2) is 8.06. The number of amides is 2. The smallest absolute Gasteiger partial charge is 0.319 e. The number of nitrogens with zero attached hydrogens (tertiary/aromatic N) is 1. The lowest BCUT2D eigenvalue weighted by Crippen LogP contribution is -2.30. The van der Waals surface area contributed by atoms with E-state index in [4.69, 9.17) is 16.9 Å². The largest absolute Gasteiger partial charge is 0.338 e. The van der Waals surface area contributed by atoms with Crippen molar-refractivity contribution in [1.82, 2.24) is 5.32 Å². The van der Waals surface area contributed by atoms with Crippen molar-refractivity contribution in [3.8, 4) is 6.07 Å². The van der Waals surface area contributed by atoms with Gasteiger partial charge in [0.15, 0.2) is 0 Å². The van der Waals surface area contributed by atoms with Crippen LogP contribution in [0.25, 0.3) is 0 Å². The molecule has 0 spiro atoms. The van der Waals surface area contributed by atoms with E-state index in [0.29, 0.717) is 23.7 Å². The highest BCUT2D eigenvalue weighted by Crippen LogP contribution is 2.11. The van der Waals surface area contributed by atoms with E-state index in [1.165, 1.54) is 0 Å². The van der Waals surface area contributed by atoms with Crippen molar-refractivity contribution in [2.45, 2.75) is 12.8 Å². The zero-order chi connectivity index (χ0) is 15.8. The summed E-state index contributed by atoms with van der Waals surface area (Å²) in [7, 11) is 0. The molecule has 4 nitrogen and oxygen atoms in total. The Labute approximate surface area is 134 Å². The fourth-order valence-electron chi connectivity index (χ4n) is 1.99. The van der Waals surface area contributed by atoms with Gasteiger partial charge in [0.25, 0.3) is 0 Å². The van der Waals surface area contributed by atoms with Gasteiger partial charge in [-0.15, -0.1) is 0 Å². The van der Waals surface area contributed by atoms with E-state index >= 15 is 0 Å². The number of hydrogen-bond donors (Lipinski definition) is 2. The van der Waals surface area contributed by atoms with E-state index in [-0.39, 0.29) is 6.03 Å². The number of hydrogen-bond acceptors (Lipinski definition) is 2. The first-order valence-electron chi connectivity index (χ1n) is 6.92. The van der Waals surface area contributed by atoms with Crippen LogP contribution in [0.3, 0.4) is 0 Å². The Bertz CT molecular complexity index is 677. The quantitative estimate of drug-likeness (QED) is 0.882. The number of benzene rings is 2. The molecule has 0 aliphatic carbocycles. The SMILES string of the molecule is N#CCc1ccc(NC(=O)NCCc2cccc(Cl)c2)cc1. The van der Waals surface area contributed by atoms with Crippen molar-refractivity contribution in [2.75, 3.05) is 11.9 Å². The van der Waals surface area contributed by atoms with Crippen LogP contribution in [-0.4, -0.2) is 12.6 Å². The van der Waals surface area contributed by atoms with Crippen molar-refractivity contribution < 1.29 is 4.79 Å². The van der Waals surface area contributed by atoms with Gasteiger partial charge in [0.05, 0.1) is 12.5 Å². The molecule has 0 bridgehead atoms. The Balaban J connectivity index is 1.77. The number of nitriles is 1. The minimum Gasteiger partial charge on any atom is -0.338 e. The van der Waals surface area contributed by atoms with Crippen LogP contribution in [0.4, 0.5) is 10.5 Å². The fraction of sp³-hybridized carbons (Fsp3) is 0.176. The number of anilines is 1. The molecule has 112 valence electrons. The highest BCUT2D eigenvalue weighted by Gasteiger charge is 2.02. The zero-order valence-corrected chi connectivity index (χ0v) is 12.7. The van der Waals surface area contributed by atoms with E-state index in [1.54, 1.807) is 12.1 Å². The summed E-state index contributed by atoms with van der Waals surface area (Å²) in [4.78, 5) is 11.8. The number of carbonyl (C=O) groups excluding carboxylic acids is 1. The zero-order valence-electron chi connectivity index (χ0n) is 12.0. The molecular formula is C17H16ClN3O. The van der Waals surface area contributed by atoms with Crippen molar-refractivity contribution in [3.05, 3.63) is 64.7 Å². The topological polar surface area (TPSA) is 64.9 Å². The van der Waals surface area contributed by atoms with Crippen LogP contribution in [0.5, 0.6) is 0 Å². The van der Waals surface area contributed by atoms with Crippen LogP contribution < -0.4 is 10.6 Å². The van der Waals surface area contributed by atoms with Crippen LogP contribution in [0.15, 0.2) is 48.5 Å². The molecule has 2 rings (SSSR count). The minimum atomic E-state index is -0.255. The fourth-order valence-corrected chi connectivity index (χ4v) is 2.20. The predicted octanol–water partition coefficient (Wildman–Crippen LogP) is 3.77. The lowest BCUT2D eigenvalue weighted by atomic mass is 10.1. The molecule has 0 radical (unpaired) electrons. The molecule has 0 aliphatic rings. The van der Waals surface area contributed by atoms with Crippen molar-refractivity contribution in [3.63, 3.8) is 0 Å². The van der Waals surface area contributed by atoms with Gasteiger partial charge in [0, 0.05) is 17.3 Å². The summed E-state index contributed by atoms with van der Waals surface area (Å²) in [5.74, 6) is 0. The third kappa shape index (κ3) is 5.12. The van der Waals surface area contributed by atoms with E-state index < -0.39 is 0 Å². The molecule has 22 heavy (non-hydrogen) atoms. The second-order valence-electron chi connectivity index (χ2n) is 4.79. The first kappa shape index (κ1) is 15.9. The van der Waals surface area contributed by atoms with E-state index in [2.05, 4.69) is 16.7 Å². The Kier molecular flexibility index (Phi) is 5.81. The average Bonchev–Trinajstić information content (AvgIpc) is 2.50. The lowest BCUT2D eigenvalue weighted by Gasteiger charge is -2.08. The van der Waals surface area contributed by atoms with Gasteiger partial charge in [0.1, 0.15) is 0 Å². The Morgan fingerprint density at radius 2 is 1.91 bits per heavy atom. The maximum Gasteiger partial charge on any atom is 0.319 e. The lowest BCUT2D eigenvalue weighted by molar-refractivity contribution is 0.252. The summed E-state index contributed by atoms with van der Waals surface area (Å²) < 4.78 is 0. The predicted molar refractivity (Wildman–Crippen MR) is 87.9 cm³/mol. The summed E-state index contributed by atoms with van der Waals surface area (Å²) in [6.45, 7) is 0.526. The third-order valence-corrected chi connectivity index (χ3v) is 3.32. The number of halogens is 1. The van der Waals surface area contributed by atoms with E-state index in [9.17, 15) is 4.79 Å². The molecule has 0 aromatic heterocycles. The van der Waals surface area contributed by atoms with Crippen LogP contribution in [0.2, 0.25) is 5.02 Å². The minimum absolute atomic E-state index is 0.255. The number of carbonyl (C=O) groups is 1. The monoisotopic (exact) mass is 313 g/mol. The van der Waals surface area contributed by atoms with Crippen molar-refractivity contribution in [1.29, 1.82) is 5.26 Å². The molecule has 0 atom stereocenters. The van der Waals surface area contributed by atoms with Crippen LogP contribution >= 0.6 is 11.6 Å². The van der Waals surface area contributed by atoms with Crippen molar-refractivity contribution in [2.24, 2.45) is 0 Å². The van der Waals surface area contributed by atoms with Gasteiger partial charge in [-0.1, -0.05) is 35.9 Å². The molecule has 2 N–H and O–H groups in total. The molecule has 0 heterocycles. The summed E-state index contributed by atoms with van der Waals surface area (Å²) in [5, 5.41) is 14.8. The van der Waals surface area contributed by atoms with Crippen LogP contribution in [0.1, 0.15) is 11.1 Å². The molecule has 2 amide bonds. The van der Waals surface area contributed by atoms with Gasteiger partial charge in [-0.2, -0.15) is 5.26 Å². The van der Waals surface area contributed by atoms with Crippen LogP contribution in [0, 0.1) is 11.3 Å². The third-order valence-electron chi connectivity index (χ3n) is 3.08.